The third-order valence-electron chi connectivity index (χ3n) is 5.10. The molecule has 2 aromatic rings. The van der Waals surface area contributed by atoms with E-state index >= 15 is 0 Å². The van der Waals surface area contributed by atoms with Crippen LogP contribution in [0.1, 0.15) is 64.2 Å². The number of aromatic nitrogens is 1. The highest BCUT2D eigenvalue weighted by molar-refractivity contribution is 7.27. The van der Waals surface area contributed by atoms with Crippen molar-refractivity contribution < 1.29 is 0 Å². The third kappa shape index (κ3) is 11.5. The Balaban J connectivity index is 0.000000762. The molecule has 0 aliphatic heterocycles. The number of nitrogens with zero attached hydrogens (tertiary/aromatic N) is 1. The normalized spacial score (nSPS) is 12.1. The molecule has 3 heteroatoms. The average molecular weight is 487 g/mol. The summed E-state index contributed by atoms with van der Waals surface area (Å²) in [5.74, 6) is 0. The quantitative estimate of drug-likeness (QED) is 0.197. The Kier molecular flexibility index (Phi) is 15.2. The van der Waals surface area contributed by atoms with Crippen molar-refractivity contribution in [3.63, 3.8) is 0 Å². The molecule has 0 saturated heterocycles. The summed E-state index contributed by atoms with van der Waals surface area (Å²) in [5.41, 5.74) is 7.44. The summed E-state index contributed by atoms with van der Waals surface area (Å²) in [7, 11) is 2.78. The zero-order chi connectivity index (χ0) is 26.1. The van der Waals surface area contributed by atoms with Gasteiger partial charge in [0.05, 0.1) is 0 Å². The predicted molar refractivity (Wildman–Crippen MR) is 163 cm³/mol. The van der Waals surface area contributed by atoms with Crippen molar-refractivity contribution in [1.82, 2.24) is 10.3 Å². The van der Waals surface area contributed by atoms with Crippen molar-refractivity contribution in [2.24, 2.45) is 0 Å². The van der Waals surface area contributed by atoms with Crippen LogP contribution < -0.4 is 10.6 Å². The Morgan fingerprint density at radius 1 is 0.943 bits per heavy atom. The van der Waals surface area contributed by atoms with Crippen molar-refractivity contribution in [1.29, 1.82) is 0 Å². The molecule has 2 rings (SSSR count). The molecule has 186 valence electrons. The van der Waals surface area contributed by atoms with Crippen LogP contribution in [0.25, 0.3) is 16.7 Å². The molecule has 1 atom stereocenters. The van der Waals surface area contributed by atoms with Gasteiger partial charge in [-0.15, -0.1) is 9.24 Å². The molecular weight excluding hydrogens is 443 g/mol. The second-order valence-electron chi connectivity index (χ2n) is 8.35. The minimum atomic E-state index is 0.970. The van der Waals surface area contributed by atoms with Gasteiger partial charge in [0, 0.05) is 23.5 Å². The minimum absolute atomic E-state index is 0.970. The molecule has 0 aliphatic rings. The summed E-state index contributed by atoms with van der Waals surface area (Å²) in [4.78, 5) is 4.48. The number of rotatable bonds is 11. The van der Waals surface area contributed by atoms with E-state index in [-0.39, 0.29) is 0 Å². The minimum Gasteiger partial charge on any atom is -0.317 e. The molecule has 0 fully saturated rings. The summed E-state index contributed by atoms with van der Waals surface area (Å²) >= 11 is 0. The summed E-state index contributed by atoms with van der Waals surface area (Å²) in [6.07, 6.45) is 18.7. The van der Waals surface area contributed by atoms with Gasteiger partial charge < -0.3 is 5.32 Å². The predicted octanol–water partition coefficient (Wildman–Crippen LogP) is 8.19. The van der Waals surface area contributed by atoms with Gasteiger partial charge in [-0.1, -0.05) is 87.2 Å². The van der Waals surface area contributed by atoms with Gasteiger partial charge in [-0.05, 0) is 86.4 Å². The average Bonchev–Trinajstić information content (AvgIpc) is 2.85. The molecule has 0 amide bonds. The molecule has 1 aromatic carbocycles. The highest BCUT2D eigenvalue weighted by Gasteiger charge is 2.06. The van der Waals surface area contributed by atoms with Gasteiger partial charge in [0.2, 0.25) is 0 Å². The largest absolute Gasteiger partial charge is 0.317 e. The standard InChI is InChI=1S/C26H28NP.C6H15N/c1-6-10-22(15-20(5)25-11-8-9-12-26(25)28)24-16-23(17-27-18-24)21(7-2)14-13-19(3)4;1-3-5-7-6-4-2/h6-18H,3,5,28H2,1-2,4H3;7H,3-6H2,1-2H3/b10-6-,14-13-,21-7+,22-15+;. The molecular formula is C32H43N2P. The van der Waals surface area contributed by atoms with Crippen molar-refractivity contribution >= 4 is 31.3 Å². The van der Waals surface area contributed by atoms with Crippen molar-refractivity contribution in [3.8, 4) is 0 Å². The van der Waals surface area contributed by atoms with Gasteiger partial charge in [0.25, 0.3) is 0 Å². The second-order valence-corrected chi connectivity index (χ2v) is 8.97. The van der Waals surface area contributed by atoms with Crippen molar-refractivity contribution in [3.05, 3.63) is 115 Å². The van der Waals surface area contributed by atoms with E-state index in [1.54, 1.807) is 0 Å². The molecule has 35 heavy (non-hydrogen) atoms. The summed E-state index contributed by atoms with van der Waals surface area (Å²) in [6, 6.07) is 10.4. The third-order valence-corrected chi connectivity index (χ3v) is 5.60. The fourth-order valence-corrected chi connectivity index (χ4v) is 3.68. The first-order chi connectivity index (χ1) is 16.9. The van der Waals surface area contributed by atoms with Crippen LogP contribution in [-0.2, 0) is 0 Å². The van der Waals surface area contributed by atoms with Crippen molar-refractivity contribution in [2.75, 3.05) is 13.1 Å². The Labute approximate surface area is 216 Å². The van der Waals surface area contributed by atoms with E-state index in [1.807, 2.05) is 57.4 Å². The Morgan fingerprint density at radius 2 is 1.57 bits per heavy atom. The number of benzene rings is 1. The van der Waals surface area contributed by atoms with Crippen LogP contribution in [0.3, 0.4) is 0 Å². The van der Waals surface area contributed by atoms with Crippen molar-refractivity contribution in [2.45, 2.75) is 47.5 Å². The molecule has 1 N–H and O–H groups in total. The fraction of sp³-hybridized carbons (Fsp3) is 0.281. The van der Waals surface area contributed by atoms with Crippen LogP contribution in [0.5, 0.6) is 0 Å². The maximum absolute atomic E-state index is 4.48. The van der Waals surface area contributed by atoms with E-state index in [0.29, 0.717) is 0 Å². The molecule has 0 bridgehead atoms. The number of nitrogens with one attached hydrogen (secondary N) is 1. The summed E-state index contributed by atoms with van der Waals surface area (Å²) < 4.78 is 0. The van der Waals surface area contributed by atoms with Gasteiger partial charge in [-0.3, -0.25) is 4.98 Å². The zero-order valence-corrected chi connectivity index (χ0v) is 23.4. The van der Waals surface area contributed by atoms with Gasteiger partial charge in [0.1, 0.15) is 0 Å². The number of hydrogen-bond acceptors (Lipinski definition) is 2. The number of pyridine rings is 1. The first-order valence-corrected chi connectivity index (χ1v) is 13.0. The maximum Gasteiger partial charge on any atom is 0.0346 e. The van der Waals surface area contributed by atoms with Gasteiger partial charge in [-0.2, -0.15) is 0 Å². The van der Waals surface area contributed by atoms with E-state index in [0.717, 1.165) is 44.3 Å². The lowest BCUT2D eigenvalue weighted by Gasteiger charge is -2.10. The second kappa shape index (κ2) is 17.6. The van der Waals surface area contributed by atoms with Crippen LogP contribution in [-0.4, -0.2) is 18.1 Å². The first-order valence-electron chi connectivity index (χ1n) is 12.4. The van der Waals surface area contributed by atoms with Gasteiger partial charge >= 0.3 is 0 Å². The molecule has 1 aromatic heterocycles. The molecule has 2 nitrogen and oxygen atoms in total. The number of allylic oxidation sites excluding steroid dienone is 10. The van der Waals surface area contributed by atoms with E-state index in [4.69, 9.17) is 0 Å². The van der Waals surface area contributed by atoms with Crippen LogP contribution in [0.2, 0.25) is 0 Å². The topological polar surface area (TPSA) is 24.9 Å². The smallest absolute Gasteiger partial charge is 0.0346 e. The maximum atomic E-state index is 4.48. The van der Waals surface area contributed by atoms with E-state index < -0.39 is 0 Å². The highest BCUT2D eigenvalue weighted by atomic mass is 31.0. The Morgan fingerprint density at radius 3 is 2.11 bits per heavy atom. The molecule has 0 saturated carbocycles. The lowest BCUT2D eigenvalue weighted by Crippen LogP contribution is -2.14. The lowest BCUT2D eigenvalue weighted by molar-refractivity contribution is 0.662. The number of hydrogen-bond donors (Lipinski definition) is 1. The Bertz CT molecular complexity index is 1070. The van der Waals surface area contributed by atoms with E-state index in [1.165, 1.54) is 25.9 Å². The summed E-state index contributed by atoms with van der Waals surface area (Å²) in [6.45, 7) is 21.0. The SMILES string of the molecule is C=C(C)/C=C\C(=C/C)c1cncc(C(/C=C\C)=C/C(=C)c2ccccc2P)c1.CCCNCCC. The Hall–Kier alpha value is -2.80. The molecule has 1 heterocycles. The molecule has 0 aliphatic carbocycles. The molecule has 0 radical (unpaired) electrons. The van der Waals surface area contributed by atoms with E-state index in [2.05, 4.69) is 89.0 Å². The highest BCUT2D eigenvalue weighted by Crippen LogP contribution is 2.25. The summed E-state index contributed by atoms with van der Waals surface area (Å²) in [5, 5.41) is 4.42. The van der Waals surface area contributed by atoms with Gasteiger partial charge in [-0.25, -0.2) is 0 Å². The van der Waals surface area contributed by atoms with Crippen LogP contribution in [0, 0.1) is 0 Å². The lowest BCUT2D eigenvalue weighted by atomic mass is 9.97. The molecule has 0 spiro atoms. The van der Waals surface area contributed by atoms with Crippen LogP contribution >= 0.6 is 9.24 Å². The van der Waals surface area contributed by atoms with Crippen LogP contribution in [0.4, 0.5) is 0 Å². The fourth-order valence-electron chi connectivity index (χ4n) is 3.29. The molecule has 1 unspecified atom stereocenters. The van der Waals surface area contributed by atoms with Gasteiger partial charge in [0.15, 0.2) is 0 Å². The monoisotopic (exact) mass is 486 g/mol. The first kappa shape index (κ1) is 30.2. The zero-order valence-electron chi connectivity index (χ0n) is 22.3. The van der Waals surface area contributed by atoms with Crippen LogP contribution in [0.15, 0.2) is 97.9 Å². The van der Waals surface area contributed by atoms with E-state index in [9.17, 15) is 0 Å².